The molecule has 0 radical (unpaired) electrons. The second kappa shape index (κ2) is 8.97. The van der Waals surface area contributed by atoms with Crippen molar-refractivity contribution in [1.29, 1.82) is 0 Å². The third kappa shape index (κ3) is 4.63. The summed E-state index contributed by atoms with van der Waals surface area (Å²) in [5.74, 6) is 0.406. The van der Waals surface area contributed by atoms with Crippen LogP contribution in [0.1, 0.15) is 51.3 Å². The molecule has 1 aliphatic heterocycles. The van der Waals surface area contributed by atoms with Crippen LogP contribution in [-0.2, 0) is 22.7 Å². The maximum absolute atomic E-state index is 12.5. The monoisotopic (exact) mass is 484 g/mol. The standard InChI is InChI=1S/C23H34Cl2N2O3Si/c1-14-18-16(9-10-26-22(14)28)27(5)21-19(18)17(13-15(24)20(21)25)29-11-8-12-30-31(6,7)23(2,3)4/h13-14H,8-12H2,1-7H3,(H,26,28). The fourth-order valence-electron chi connectivity index (χ4n) is 3.88. The molecular formula is C23H34Cl2N2O3Si. The first-order valence-corrected chi connectivity index (χ1v) is 14.6. The van der Waals surface area contributed by atoms with Crippen LogP contribution < -0.4 is 10.1 Å². The molecule has 2 heterocycles. The van der Waals surface area contributed by atoms with Crippen LogP contribution in [0.5, 0.6) is 5.75 Å². The van der Waals surface area contributed by atoms with Crippen molar-refractivity contribution < 1.29 is 14.0 Å². The third-order valence-electron chi connectivity index (χ3n) is 6.78. The predicted molar refractivity (Wildman–Crippen MR) is 131 cm³/mol. The first kappa shape index (κ1) is 24.4. The first-order valence-electron chi connectivity index (χ1n) is 10.9. The van der Waals surface area contributed by atoms with Gasteiger partial charge in [0.2, 0.25) is 5.91 Å². The normalized spacial score (nSPS) is 17.5. The second-order valence-corrected chi connectivity index (χ2v) is 15.5. The van der Waals surface area contributed by atoms with Crippen LogP contribution in [0, 0.1) is 0 Å². The van der Waals surface area contributed by atoms with Crippen molar-refractivity contribution in [3.63, 3.8) is 0 Å². The number of hydrogen-bond donors (Lipinski definition) is 1. The van der Waals surface area contributed by atoms with Gasteiger partial charge in [0.05, 0.1) is 28.1 Å². The van der Waals surface area contributed by atoms with E-state index in [1.165, 1.54) is 0 Å². The minimum Gasteiger partial charge on any atom is -0.493 e. The van der Waals surface area contributed by atoms with Crippen molar-refractivity contribution in [1.82, 2.24) is 9.88 Å². The summed E-state index contributed by atoms with van der Waals surface area (Å²) >= 11 is 13.1. The number of halogens is 2. The van der Waals surface area contributed by atoms with E-state index in [2.05, 4.69) is 43.7 Å². The predicted octanol–water partition coefficient (Wildman–Crippen LogP) is 6.05. The number of nitrogens with zero attached hydrogens (tertiary/aromatic N) is 1. The first-order chi connectivity index (χ1) is 14.4. The molecule has 5 nitrogen and oxygen atoms in total. The van der Waals surface area contributed by atoms with Crippen LogP contribution in [0.4, 0.5) is 0 Å². The van der Waals surface area contributed by atoms with Gasteiger partial charge in [-0.15, -0.1) is 0 Å². The molecule has 0 bridgehead atoms. The Labute approximate surface area is 196 Å². The van der Waals surface area contributed by atoms with Crippen LogP contribution in [0.2, 0.25) is 28.2 Å². The molecule has 0 saturated heterocycles. The SMILES string of the molecule is CC1C(=O)NCCc2c1c1c(OCCCO[Si](C)(C)C(C)(C)C)cc(Cl)c(Cl)c1n2C. The molecule has 0 fully saturated rings. The van der Waals surface area contributed by atoms with Gasteiger partial charge in [0.15, 0.2) is 8.32 Å². The van der Waals surface area contributed by atoms with Crippen molar-refractivity contribution in [2.75, 3.05) is 19.8 Å². The van der Waals surface area contributed by atoms with E-state index in [-0.39, 0.29) is 16.9 Å². The van der Waals surface area contributed by atoms with E-state index in [1.54, 1.807) is 6.07 Å². The highest BCUT2D eigenvalue weighted by Crippen LogP contribution is 2.45. The number of aromatic nitrogens is 1. The van der Waals surface area contributed by atoms with Crippen molar-refractivity contribution in [2.24, 2.45) is 7.05 Å². The Morgan fingerprint density at radius 2 is 1.94 bits per heavy atom. The lowest BCUT2D eigenvalue weighted by atomic mass is 9.96. The van der Waals surface area contributed by atoms with Crippen LogP contribution in [0.15, 0.2) is 6.07 Å². The van der Waals surface area contributed by atoms with Gasteiger partial charge in [-0.1, -0.05) is 44.0 Å². The highest BCUT2D eigenvalue weighted by molar-refractivity contribution is 6.74. The number of nitrogens with one attached hydrogen (secondary N) is 1. The van der Waals surface area contributed by atoms with Gasteiger partial charge < -0.3 is 19.0 Å². The van der Waals surface area contributed by atoms with E-state index < -0.39 is 8.32 Å². The zero-order chi connectivity index (χ0) is 23.1. The Hall–Kier alpha value is -1.21. The summed E-state index contributed by atoms with van der Waals surface area (Å²) in [6, 6.07) is 1.77. The molecule has 0 saturated carbocycles. The fraction of sp³-hybridized carbons (Fsp3) is 0.609. The van der Waals surface area contributed by atoms with Gasteiger partial charge in [-0.2, -0.15) is 0 Å². The zero-order valence-electron chi connectivity index (χ0n) is 19.6. The Balaban J connectivity index is 1.88. The summed E-state index contributed by atoms with van der Waals surface area (Å²) in [4.78, 5) is 12.5. The number of ether oxygens (including phenoxy) is 1. The minimum absolute atomic E-state index is 0.0195. The van der Waals surface area contributed by atoms with E-state index in [4.69, 9.17) is 32.4 Å². The molecule has 172 valence electrons. The number of rotatable bonds is 6. The van der Waals surface area contributed by atoms with E-state index in [1.807, 2.05) is 14.0 Å². The summed E-state index contributed by atoms with van der Waals surface area (Å²) in [5, 5.41) is 5.01. The van der Waals surface area contributed by atoms with Gasteiger partial charge in [0.25, 0.3) is 0 Å². The average molecular weight is 486 g/mol. The fourth-order valence-corrected chi connectivity index (χ4v) is 5.43. The van der Waals surface area contributed by atoms with Gasteiger partial charge in [-0.3, -0.25) is 4.79 Å². The van der Waals surface area contributed by atoms with E-state index in [0.717, 1.165) is 35.0 Å². The van der Waals surface area contributed by atoms with E-state index in [0.29, 0.717) is 35.6 Å². The molecular weight excluding hydrogens is 451 g/mol. The number of aryl methyl sites for hydroxylation is 1. The third-order valence-corrected chi connectivity index (χ3v) is 12.1. The topological polar surface area (TPSA) is 52.5 Å². The largest absolute Gasteiger partial charge is 0.493 e. The smallest absolute Gasteiger partial charge is 0.227 e. The van der Waals surface area contributed by atoms with Crippen molar-refractivity contribution in [3.05, 3.63) is 27.4 Å². The van der Waals surface area contributed by atoms with Crippen LogP contribution in [0.3, 0.4) is 0 Å². The number of amides is 1. The molecule has 1 unspecified atom stereocenters. The van der Waals surface area contributed by atoms with Gasteiger partial charge in [0, 0.05) is 50.2 Å². The lowest BCUT2D eigenvalue weighted by Gasteiger charge is -2.36. The molecule has 1 aromatic carbocycles. The lowest BCUT2D eigenvalue weighted by molar-refractivity contribution is -0.121. The van der Waals surface area contributed by atoms with Crippen LogP contribution in [0.25, 0.3) is 10.9 Å². The van der Waals surface area contributed by atoms with E-state index in [9.17, 15) is 4.79 Å². The Bertz CT molecular complexity index is 995. The molecule has 0 spiro atoms. The van der Waals surface area contributed by atoms with Gasteiger partial charge in [-0.25, -0.2) is 0 Å². The Morgan fingerprint density at radius 1 is 1.26 bits per heavy atom. The molecule has 1 atom stereocenters. The number of carbonyl (C=O) groups excluding carboxylic acids is 1. The summed E-state index contributed by atoms with van der Waals surface area (Å²) in [6.45, 7) is 14.9. The Kier molecular flexibility index (Phi) is 7.07. The maximum Gasteiger partial charge on any atom is 0.227 e. The maximum atomic E-state index is 12.5. The Morgan fingerprint density at radius 3 is 2.58 bits per heavy atom. The molecule has 1 aromatic heterocycles. The molecule has 1 aliphatic rings. The molecule has 1 N–H and O–H groups in total. The number of fused-ring (bicyclic) bond motifs is 3. The minimum atomic E-state index is -1.77. The number of carbonyl (C=O) groups is 1. The highest BCUT2D eigenvalue weighted by atomic mass is 35.5. The zero-order valence-corrected chi connectivity index (χ0v) is 22.1. The molecule has 8 heteroatoms. The van der Waals surface area contributed by atoms with Crippen molar-refractivity contribution >= 4 is 48.3 Å². The second-order valence-electron chi connectivity index (χ2n) is 9.89. The summed E-state index contributed by atoms with van der Waals surface area (Å²) in [7, 11) is 0.200. The van der Waals surface area contributed by atoms with Crippen molar-refractivity contribution in [2.45, 2.75) is 64.6 Å². The highest BCUT2D eigenvalue weighted by Gasteiger charge is 2.37. The quantitative estimate of drug-likeness (QED) is 0.400. The molecule has 0 aliphatic carbocycles. The van der Waals surface area contributed by atoms with Gasteiger partial charge >= 0.3 is 0 Å². The van der Waals surface area contributed by atoms with Crippen LogP contribution in [-0.4, -0.2) is 38.6 Å². The average Bonchev–Trinajstić information content (AvgIpc) is 2.87. The summed E-state index contributed by atoms with van der Waals surface area (Å²) in [6.07, 6.45) is 1.52. The van der Waals surface area contributed by atoms with Crippen molar-refractivity contribution in [3.8, 4) is 5.75 Å². The summed E-state index contributed by atoms with van der Waals surface area (Å²) in [5.41, 5.74) is 2.91. The van der Waals surface area contributed by atoms with Gasteiger partial charge in [-0.05, 0) is 30.6 Å². The molecule has 2 aromatic rings. The number of hydrogen-bond acceptors (Lipinski definition) is 3. The molecule has 31 heavy (non-hydrogen) atoms. The number of benzene rings is 1. The molecule has 3 rings (SSSR count). The van der Waals surface area contributed by atoms with E-state index >= 15 is 0 Å². The van der Waals surface area contributed by atoms with Crippen LogP contribution >= 0.6 is 23.2 Å². The van der Waals surface area contributed by atoms with Gasteiger partial charge in [0.1, 0.15) is 5.75 Å². The molecule has 1 amide bonds. The lowest BCUT2D eigenvalue weighted by Crippen LogP contribution is -2.41. The summed E-state index contributed by atoms with van der Waals surface area (Å²) < 4.78 is 14.5.